The van der Waals surface area contributed by atoms with Crippen LogP contribution in [0.5, 0.6) is 0 Å². The first-order chi connectivity index (χ1) is 13.0. The van der Waals surface area contributed by atoms with Gasteiger partial charge in [-0.3, -0.25) is 14.4 Å². The molecule has 2 aliphatic heterocycles. The molecule has 3 amide bonds. The Morgan fingerprint density at radius 1 is 1.19 bits per heavy atom. The summed E-state index contributed by atoms with van der Waals surface area (Å²) in [5.41, 5.74) is 6.74. The number of piperidine rings is 1. The highest BCUT2D eigenvalue weighted by molar-refractivity contribution is 5.94. The Kier molecular flexibility index (Phi) is 6.11. The standard InChI is InChI=1S/C20H28N4O3/c1-13(21)18(25)23-16-9-7-15-8-10-17(24(15)20(16)27)19(26)22-12-11-14-5-3-2-4-6-14/h2-6,13,15-17H,7-12,21H2,1H3,(H,22,26)(H,23,25)/t13-,15+,16-,17-/m0/s1. The highest BCUT2D eigenvalue weighted by atomic mass is 16.2. The van der Waals surface area contributed by atoms with Gasteiger partial charge in [-0.15, -0.1) is 0 Å². The molecule has 0 unspecified atom stereocenters. The van der Waals surface area contributed by atoms with E-state index in [1.165, 1.54) is 0 Å². The van der Waals surface area contributed by atoms with Gasteiger partial charge < -0.3 is 21.3 Å². The van der Waals surface area contributed by atoms with Crippen LogP contribution in [-0.2, 0) is 20.8 Å². The molecular formula is C20H28N4O3. The molecule has 27 heavy (non-hydrogen) atoms. The van der Waals surface area contributed by atoms with Gasteiger partial charge in [-0.25, -0.2) is 0 Å². The summed E-state index contributed by atoms with van der Waals surface area (Å²) in [5, 5.41) is 5.68. The van der Waals surface area contributed by atoms with Gasteiger partial charge in [0.05, 0.1) is 6.04 Å². The van der Waals surface area contributed by atoms with Crippen molar-refractivity contribution in [3.63, 3.8) is 0 Å². The molecule has 0 saturated carbocycles. The van der Waals surface area contributed by atoms with Gasteiger partial charge in [0.2, 0.25) is 17.7 Å². The van der Waals surface area contributed by atoms with Gasteiger partial charge in [0.1, 0.15) is 12.1 Å². The van der Waals surface area contributed by atoms with E-state index in [-0.39, 0.29) is 23.8 Å². The fraction of sp³-hybridized carbons (Fsp3) is 0.550. The van der Waals surface area contributed by atoms with Crippen molar-refractivity contribution >= 4 is 17.7 Å². The van der Waals surface area contributed by atoms with Gasteiger partial charge in [-0.1, -0.05) is 30.3 Å². The Labute approximate surface area is 159 Å². The van der Waals surface area contributed by atoms with Crippen LogP contribution >= 0.6 is 0 Å². The van der Waals surface area contributed by atoms with Crippen LogP contribution in [0.15, 0.2) is 30.3 Å². The summed E-state index contributed by atoms with van der Waals surface area (Å²) < 4.78 is 0. The number of benzene rings is 1. The molecule has 2 fully saturated rings. The van der Waals surface area contributed by atoms with Crippen LogP contribution in [0.2, 0.25) is 0 Å². The molecule has 1 aromatic carbocycles. The van der Waals surface area contributed by atoms with E-state index in [0.717, 1.165) is 24.8 Å². The summed E-state index contributed by atoms with van der Waals surface area (Å²) in [6.45, 7) is 2.13. The van der Waals surface area contributed by atoms with E-state index in [1.54, 1.807) is 11.8 Å². The van der Waals surface area contributed by atoms with Crippen LogP contribution in [0.3, 0.4) is 0 Å². The molecule has 1 aromatic rings. The Morgan fingerprint density at radius 3 is 2.59 bits per heavy atom. The SMILES string of the molecule is C[C@H](N)C(=O)N[C@H]1CC[C@@H]2CC[C@@H](C(=O)NCCc3ccccc3)N2C1=O. The molecule has 4 N–H and O–H groups in total. The minimum Gasteiger partial charge on any atom is -0.354 e. The molecule has 4 atom stereocenters. The fourth-order valence-electron chi connectivity index (χ4n) is 3.95. The van der Waals surface area contributed by atoms with E-state index < -0.39 is 18.1 Å². The third-order valence-corrected chi connectivity index (χ3v) is 5.43. The number of nitrogens with zero attached hydrogens (tertiary/aromatic N) is 1. The van der Waals surface area contributed by atoms with Crippen LogP contribution in [0, 0.1) is 0 Å². The van der Waals surface area contributed by atoms with Crippen molar-refractivity contribution in [1.82, 2.24) is 15.5 Å². The first-order valence-corrected chi connectivity index (χ1v) is 9.67. The Bertz CT molecular complexity index is 692. The Hall–Kier alpha value is -2.41. The van der Waals surface area contributed by atoms with Crippen molar-refractivity contribution in [2.24, 2.45) is 5.73 Å². The third kappa shape index (κ3) is 4.47. The van der Waals surface area contributed by atoms with E-state index in [1.807, 2.05) is 30.3 Å². The average Bonchev–Trinajstić information content (AvgIpc) is 3.09. The van der Waals surface area contributed by atoms with Gasteiger partial charge >= 0.3 is 0 Å². The average molecular weight is 372 g/mol. The van der Waals surface area contributed by atoms with Gasteiger partial charge in [-0.2, -0.15) is 0 Å². The summed E-state index contributed by atoms with van der Waals surface area (Å²) >= 11 is 0. The zero-order valence-corrected chi connectivity index (χ0v) is 15.7. The van der Waals surface area contributed by atoms with E-state index >= 15 is 0 Å². The summed E-state index contributed by atoms with van der Waals surface area (Å²) in [5.74, 6) is -0.614. The maximum Gasteiger partial charge on any atom is 0.246 e. The number of nitrogens with two attached hydrogens (primary N) is 1. The van der Waals surface area contributed by atoms with Crippen LogP contribution < -0.4 is 16.4 Å². The predicted molar refractivity (Wildman–Crippen MR) is 102 cm³/mol. The molecule has 2 heterocycles. The van der Waals surface area contributed by atoms with Gasteiger partial charge in [0.15, 0.2) is 0 Å². The highest BCUT2D eigenvalue weighted by Crippen LogP contribution is 2.32. The molecule has 0 spiro atoms. The van der Waals surface area contributed by atoms with Crippen molar-refractivity contribution in [2.75, 3.05) is 6.54 Å². The number of hydrogen-bond acceptors (Lipinski definition) is 4. The van der Waals surface area contributed by atoms with Crippen molar-refractivity contribution in [1.29, 1.82) is 0 Å². The Balaban J connectivity index is 1.57. The molecule has 2 aliphatic rings. The lowest BCUT2D eigenvalue weighted by atomic mass is 9.97. The van der Waals surface area contributed by atoms with Crippen molar-refractivity contribution in [2.45, 2.75) is 63.2 Å². The summed E-state index contributed by atoms with van der Waals surface area (Å²) in [4.78, 5) is 39.1. The van der Waals surface area contributed by atoms with Crippen molar-refractivity contribution < 1.29 is 14.4 Å². The first kappa shape index (κ1) is 19.4. The lowest BCUT2D eigenvalue weighted by Crippen LogP contribution is -2.60. The van der Waals surface area contributed by atoms with Gasteiger partial charge in [0, 0.05) is 12.6 Å². The van der Waals surface area contributed by atoms with E-state index in [9.17, 15) is 14.4 Å². The van der Waals surface area contributed by atoms with Crippen molar-refractivity contribution in [3.8, 4) is 0 Å². The lowest BCUT2D eigenvalue weighted by molar-refractivity contribution is -0.146. The quantitative estimate of drug-likeness (QED) is 0.669. The number of amides is 3. The maximum atomic E-state index is 12.9. The summed E-state index contributed by atoms with van der Waals surface area (Å²) in [6, 6.07) is 8.35. The van der Waals surface area contributed by atoms with Gasteiger partial charge in [-0.05, 0) is 44.6 Å². The molecule has 7 nitrogen and oxygen atoms in total. The number of carbonyl (C=O) groups is 3. The summed E-state index contributed by atoms with van der Waals surface area (Å²) in [6.07, 6.45) is 3.64. The normalized spacial score (nSPS) is 25.6. The molecule has 3 rings (SSSR count). The molecule has 0 aromatic heterocycles. The fourth-order valence-corrected chi connectivity index (χ4v) is 3.95. The summed E-state index contributed by atoms with van der Waals surface area (Å²) in [7, 11) is 0. The number of nitrogens with one attached hydrogen (secondary N) is 2. The largest absolute Gasteiger partial charge is 0.354 e. The third-order valence-electron chi connectivity index (χ3n) is 5.43. The minimum atomic E-state index is -0.661. The molecule has 0 aliphatic carbocycles. The zero-order chi connectivity index (χ0) is 19.4. The maximum absolute atomic E-state index is 12.9. The Morgan fingerprint density at radius 2 is 1.89 bits per heavy atom. The second-order valence-electron chi connectivity index (χ2n) is 7.45. The van der Waals surface area contributed by atoms with Crippen LogP contribution in [0.4, 0.5) is 0 Å². The molecule has 146 valence electrons. The lowest BCUT2D eigenvalue weighted by Gasteiger charge is -2.38. The van der Waals surface area contributed by atoms with Crippen molar-refractivity contribution in [3.05, 3.63) is 35.9 Å². The van der Waals surface area contributed by atoms with Crippen LogP contribution in [0.1, 0.15) is 38.2 Å². The first-order valence-electron chi connectivity index (χ1n) is 9.67. The molecular weight excluding hydrogens is 344 g/mol. The van der Waals surface area contributed by atoms with Crippen LogP contribution in [-0.4, -0.2) is 53.3 Å². The number of fused-ring (bicyclic) bond motifs is 1. The second-order valence-corrected chi connectivity index (χ2v) is 7.45. The predicted octanol–water partition coefficient (Wildman–Crippen LogP) is 0.331. The topological polar surface area (TPSA) is 105 Å². The van der Waals surface area contributed by atoms with Crippen LogP contribution in [0.25, 0.3) is 0 Å². The molecule has 2 saturated heterocycles. The number of carbonyl (C=O) groups excluding carboxylic acids is 3. The molecule has 0 radical (unpaired) electrons. The monoisotopic (exact) mass is 372 g/mol. The minimum absolute atomic E-state index is 0.0887. The van der Waals surface area contributed by atoms with Gasteiger partial charge in [0.25, 0.3) is 0 Å². The second kappa shape index (κ2) is 8.52. The van der Waals surface area contributed by atoms with E-state index in [2.05, 4.69) is 10.6 Å². The van der Waals surface area contributed by atoms with E-state index in [0.29, 0.717) is 19.4 Å². The highest BCUT2D eigenvalue weighted by Gasteiger charge is 2.46. The number of hydrogen-bond donors (Lipinski definition) is 3. The zero-order valence-electron chi connectivity index (χ0n) is 15.7. The van der Waals surface area contributed by atoms with E-state index in [4.69, 9.17) is 5.73 Å². The number of rotatable bonds is 6. The smallest absolute Gasteiger partial charge is 0.246 e. The molecule has 0 bridgehead atoms. The molecule has 7 heteroatoms.